The molecule has 1 amide bonds. The molecule has 1 aromatic carbocycles. The van der Waals surface area contributed by atoms with Crippen molar-refractivity contribution < 1.29 is 23.5 Å². The van der Waals surface area contributed by atoms with E-state index < -0.39 is 35.5 Å². The highest BCUT2D eigenvalue weighted by Crippen LogP contribution is 2.24. The lowest BCUT2D eigenvalue weighted by atomic mass is 9.94. The SMILES string of the molecule is CC(C)(C)C(=O)N(CC(=O)O)c1ccc(F)c(F)c1. The maximum Gasteiger partial charge on any atom is 0.323 e. The van der Waals surface area contributed by atoms with Crippen molar-refractivity contribution in [2.45, 2.75) is 20.8 Å². The molecule has 4 nitrogen and oxygen atoms in total. The summed E-state index contributed by atoms with van der Waals surface area (Å²) in [5.74, 6) is -3.90. The number of hydrogen-bond donors (Lipinski definition) is 1. The molecule has 1 rings (SSSR count). The van der Waals surface area contributed by atoms with Crippen LogP contribution in [0.15, 0.2) is 18.2 Å². The molecule has 0 saturated heterocycles. The van der Waals surface area contributed by atoms with Crippen LogP contribution in [0.3, 0.4) is 0 Å². The Balaban J connectivity index is 3.20. The molecule has 1 N–H and O–H groups in total. The van der Waals surface area contributed by atoms with Crippen molar-refractivity contribution in [3.63, 3.8) is 0 Å². The molecule has 0 heterocycles. The highest BCUT2D eigenvalue weighted by atomic mass is 19.2. The van der Waals surface area contributed by atoms with E-state index in [-0.39, 0.29) is 5.69 Å². The molecule has 0 aromatic heterocycles. The Kier molecular flexibility index (Phi) is 4.24. The van der Waals surface area contributed by atoms with Gasteiger partial charge in [-0.25, -0.2) is 8.78 Å². The summed E-state index contributed by atoms with van der Waals surface area (Å²) < 4.78 is 26.0. The third-order valence-corrected chi connectivity index (χ3v) is 2.39. The summed E-state index contributed by atoms with van der Waals surface area (Å²) in [5.41, 5.74) is -0.818. The summed E-state index contributed by atoms with van der Waals surface area (Å²) in [6, 6.07) is 2.84. The minimum Gasteiger partial charge on any atom is -0.480 e. The van der Waals surface area contributed by atoms with E-state index in [1.54, 1.807) is 20.8 Å². The Morgan fingerprint density at radius 1 is 1.21 bits per heavy atom. The number of benzene rings is 1. The number of nitrogens with zero attached hydrogens (tertiary/aromatic N) is 1. The molecule has 0 aliphatic carbocycles. The highest BCUT2D eigenvalue weighted by Gasteiger charge is 2.30. The van der Waals surface area contributed by atoms with Crippen molar-refractivity contribution in [2.24, 2.45) is 5.41 Å². The van der Waals surface area contributed by atoms with Crippen LogP contribution < -0.4 is 4.90 Å². The van der Waals surface area contributed by atoms with Gasteiger partial charge >= 0.3 is 5.97 Å². The molecule has 0 saturated carbocycles. The first-order valence-electron chi connectivity index (χ1n) is 5.61. The number of carboxylic acids is 1. The number of aliphatic carboxylic acids is 1. The average molecular weight is 271 g/mol. The number of anilines is 1. The second kappa shape index (κ2) is 5.34. The number of amides is 1. The van der Waals surface area contributed by atoms with Crippen LogP contribution in [0.25, 0.3) is 0 Å². The molecule has 19 heavy (non-hydrogen) atoms. The quantitative estimate of drug-likeness (QED) is 0.918. The molecular weight excluding hydrogens is 256 g/mol. The summed E-state index contributed by atoms with van der Waals surface area (Å²) in [6.07, 6.45) is 0. The molecule has 1 aromatic rings. The van der Waals surface area contributed by atoms with Gasteiger partial charge in [-0.15, -0.1) is 0 Å². The van der Waals surface area contributed by atoms with Gasteiger partial charge in [0, 0.05) is 17.2 Å². The Morgan fingerprint density at radius 3 is 2.21 bits per heavy atom. The van der Waals surface area contributed by atoms with Crippen molar-refractivity contribution >= 4 is 17.6 Å². The van der Waals surface area contributed by atoms with Gasteiger partial charge in [-0.05, 0) is 12.1 Å². The molecule has 0 aliphatic heterocycles. The fourth-order valence-corrected chi connectivity index (χ4v) is 1.47. The number of hydrogen-bond acceptors (Lipinski definition) is 2. The first-order chi connectivity index (χ1) is 8.62. The smallest absolute Gasteiger partial charge is 0.323 e. The highest BCUT2D eigenvalue weighted by molar-refractivity contribution is 6.00. The van der Waals surface area contributed by atoms with E-state index in [0.29, 0.717) is 0 Å². The fraction of sp³-hybridized carbons (Fsp3) is 0.385. The standard InChI is InChI=1S/C13H15F2NO3/c1-13(2,3)12(19)16(7-11(17)18)8-4-5-9(14)10(15)6-8/h4-6H,7H2,1-3H3,(H,17,18). The first kappa shape index (κ1) is 15.1. The van der Waals surface area contributed by atoms with E-state index >= 15 is 0 Å². The minimum atomic E-state index is -1.23. The van der Waals surface area contributed by atoms with E-state index in [0.717, 1.165) is 17.0 Å². The van der Waals surface area contributed by atoms with Gasteiger partial charge < -0.3 is 10.0 Å². The van der Waals surface area contributed by atoms with Crippen LogP contribution in [-0.4, -0.2) is 23.5 Å². The second-order valence-corrected chi connectivity index (χ2v) is 5.13. The van der Waals surface area contributed by atoms with Crippen molar-refractivity contribution in [3.05, 3.63) is 29.8 Å². The molecule has 0 spiro atoms. The maximum atomic E-state index is 13.2. The van der Waals surface area contributed by atoms with Crippen LogP contribution in [0.5, 0.6) is 0 Å². The summed E-state index contributed by atoms with van der Waals surface area (Å²) in [4.78, 5) is 23.9. The third-order valence-electron chi connectivity index (χ3n) is 2.39. The van der Waals surface area contributed by atoms with E-state index in [2.05, 4.69) is 0 Å². The minimum absolute atomic E-state index is 0.0150. The lowest BCUT2D eigenvalue weighted by molar-refractivity contribution is -0.137. The predicted molar refractivity (Wildman–Crippen MR) is 65.8 cm³/mol. The molecule has 0 fully saturated rings. The number of carbonyl (C=O) groups is 2. The van der Waals surface area contributed by atoms with Gasteiger partial charge in [0.1, 0.15) is 6.54 Å². The Hall–Kier alpha value is -1.98. The van der Waals surface area contributed by atoms with Crippen LogP contribution in [0.4, 0.5) is 14.5 Å². The number of carboxylic acid groups (broad SMARTS) is 1. The summed E-state index contributed by atoms with van der Waals surface area (Å²) >= 11 is 0. The van der Waals surface area contributed by atoms with Crippen LogP contribution >= 0.6 is 0 Å². The molecule has 0 aliphatic rings. The largest absolute Gasteiger partial charge is 0.480 e. The van der Waals surface area contributed by atoms with Gasteiger partial charge in [-0.2, -0.15) is 0 Å². The summed E-state index contributed by atoms with van der Waals surface area (Å²) in [6.45, 7) is 4.24. The number of halogens is 2. The van der Waals surface area contributed by atoms with Gasteiger partial charge in [-0.1, -0.05) is 20.8 Å². The summed E-state index contributed by atoms with van der Waals surface area (Å²) in [7, 11) is 0. The molecule has 0 unspecified atom stereocenters. The number of rotatable bonds is 3. The normalized spacial score (nSPS) is 11.2. The zero-order valence-corrected chi connectivity index (χ0v) is 10.9. The van der Waals surface area contributed by atoms with Gasteiger partial charge in [0.25, 0.3) is 0 Å². The monoisotopic (exact) mass is 271 g/mol. The Labute approximate surface area is 109 Å². The van der Waals surface area contributed by atoms with E-state index in [1.165, 1.54) is 6.07 Å². The van der Waals surface area contributed by atoms with Gasteiger partial charge in [0.05, 0.1) is 0 Å². The average Bonchev–Trinajstić information content (AvgIpc) is 2.27. The molecule has 0 bridgehead atoms. The van der Waals surface area contributed by atoms with E-state index in [1.807, 2.05) is 0 Å². The van der Waals surface area contributed by atoms with Crippen molar-refractivity contribution in [3.8, 4) is 0 Å². The molecule has 0 atom stereocenters. The Bertz CT molecular complexity index is 509. The van der Waals surface area contributed by atoms with Crippen LogP contribution in [0, 0.1) is 17.0 Å². The fourth-order valence-electron chi connectivity index (χ4n) is 1.47. The maximum absolute atomic E-state index is 13.2. The Morgan fingerprint density at radius 2 is 1.79 bits per heavy atom. The summed E-state index contributed by atoms with van der Waals surface area (Å²) in [5, 5.41) is 8.82. The molecule has 6 heteroatoms. The molecule has 0 radical (unpaired) electrons. The first-order valence-corrected chi connectivity index (χ1v) is 5.61. The lowest BCUT2D eigenvalue weighted by Gasteiger charge is -2.28. The predicted octanol–water partition coefficient (Wildman–Crippen LogP) is 2.43. The third kappa shape index (κ3) is 3.74. The zero-order chi connectivity index (χ0) is 14.8. The second-order valence-electron chi connectivity index (χ2n) is 5.13. The lowest BCUT2D eigenvalue weighted by Crippen LogP contribution is -2.42. The van der Waals surface area contributed by atoms with Crippen molar-refractivity contribution in [1.82, 2.24) is 0 Å². The van der Waals surface area contributed by atoms with Crippen LogP contribution in [0.1, 0.15) is 20.8 Å². The zero-order valence-electron chi connectivity index (χ0n) is 10.9. The molecule has 104 valence electrons. The van der Waals surface area contributed by atoms with Gasteiger partial charge in [0.15, 0.2) is 11.6 Å². The van der Waals surface area contributed by atoms with E-state index in [4.69, 9.17) is 5.11 Å². The number of carbonyl (C=O) groups excluding carboxylic acids is 1. The van der Waals surface area contributed by atoms with Crippen molar-refractivity contribution in [1.29, 1.82) is 0 Å². The molecular formula is C13H15F2NO3. The van der Waals surface area contributed by atoms with Gasteiger partial charge in [0.2, 0.25) is 5.91 Å². The van der Waals surface area contributed by atoms with Crippen molar-refractivity contribution in [2.75, 3.05) is 11.4 Å². The van der Waals surface area contributed by atoms with Gasteiger partial charge in [-0.3, -0.25) is 9.59 Å². The van der Waals surface area contributed by atoms with Crippen LogP contribution in [0.2, 0.25) is 0 Å². The van der Waals surface area contributed by atoms with Crippen LogP contribution in [-0.2, 0) is 9.59 Å². The van der Waals surface area contributed by atoms with E-state index in [9.17, 15) is 18.4 Å². The topological polar surface area (TPSA) is 57.6 Å².